The molecule has 0 heterocycles. The molecule has 0 atom stereocenters. The minimum absolute atomic E-state index is 0.196. The Kier molecular flexibility index (Phi) is 4.41. The highest BCUT2D eigenvalue weighted by Gasteiger charge is 2.42. The van der Waals surface area contributed by atoms with Crippen molar-refractivity contribution in [2.24, 2.45) is 0 Å². The van der Waals surface area contributed by atoms with Crippen LogP contribution in [0, 0.1) is 5.82 Å². The lowest BCUT2D eigenvalue weighted by Gasteiger charge is -2.35. The van der Waals surface area contributed by atoms with Crippen molar-refractivity contribution in [3.63, 3.8) is 0 Å². The van der Waals surface area contributed by atoms with Gasteiger partial charge in [0, 0.05) is 10.9 Å². The summed E-state index contributed by atoms with van der Waals surface area (Å²) >= 11 is 3.39. The maximum Gasteiger partial charge on any atom is 0.157 e. The van der Waals surface area contributed by atoms with Crippen molar-refractivity contribution in [3.8, 4) is 0 Å². The quantitative estimate of drug-likeness (QED) is 0.842. The number of rotatable bonds is 4. The highest BCUT2D eigenvalue weighted by molar-refractivity contribution is 9.10. The van der Waals surface area contributed by atoms with Crippen LogP contribution < -0.4 is 0 Å². The Bertz CT molecular complexity index is 481. The molecule has 1 saturated carbocycles. The van der Waals surface area contributed by atoms with E-state index in [9.17, 15) is 9.18 Å². The van der Waals surface area contributed by atoms with Crippen LogP contribution >= 0.6 is 15.9 Å². The summed E-state index contributed by atoms with van der Waals surface area (Å²) in [6.45, 7) is 0. The Hall–Kier alpha value is -0.740. The molecule has 4 heteroatoms. The molecule has 1 aliphatic rings. The smallest absolute Gasteiger partial charge is 0.157 e. The van der Waals surface area contributed by atoms with Crippen LogP contribution in [0.25, 0.3) is 0 Å². The first kappa shape index (κ1) is 14.7. The second-order valence-electron chi connectivity index (χ2n) is 5.47. The zero-order valence-electron chi connectivity index (χ0n) is 11.4. The number of hydrogen-bond acceptors (Lipinski definition) is 2. The molecular formula is C15H19BrFNO. The first-order valence-electron chi connectivity index (χ1n) is 6.60. The van der Waals surface area contributed by atoms with Crippen LogP contribution in [0.3, 0.4) is 0 Å². The van der Waals surface area contributed by atoms with Gasteiger partial charge in [0.15, 0.2) is 5.78 Å². The van der Waals surface area contributed by atoms with Gasteiger partial charge in [0.1, 0.15) is 5.82 Å². The van der Waals surface area contributed by atoms with Gasteiger partial charge in [-0.05, 0) is 50.7 Å². The van der Waals surface area contributed by atoms with Crippen LogP contribution in [0.15, 0.2) is 22.7 Å². The number of Topliss-reactive ketones (excluding diaryl/α,β-unsaturated/α-hetero) is 1. The number of halogens is 2. The Balaban J connectivity index is 2.22. The summed E-state index contributed by atoms with van der Waals surface area (Å²) in [7, 11) is 3.92. The Morgan fingerprint density at radius 2 is 2.00 bits per heavy atom. The zero-order chi connectivity index (χ0) is 14.0. The van der Waals surface area contributed by atoms with Crippen molar-refractivity contribution >= 4 is 21.7 Å². The van der Waals surface area contributed by atoms with Crippen molar-refractivity contribution in [3.05, 3.63) is 34.1 Å². The molecule has 1 aromatic rings. The molecule has 1 fully saturated rings. The number of carbonyl (C=O) groups excluding carboxylic acids is 1. The summed E-state index contributed by atoms with van der Waals surface area (Å²) in [5.41, 5.74) is 0.379. The van der Waals surface area contributed by atoms with E-state index in [4.69, 9.17) is 0 Å². The van der Waals surface area contributed by atoms with E-state index in [1.54, 1.807) is 6.07 Å². The van der Waals surface area contributed by atoms with E-state index in [-0.39, 0.29) is 23.6 Å². The summed E-state index contributed by atoms with van der Waals surface area (Å²) in [6.07, 6.45) is 4.29. The van der Waals surface area contributed by atoms with Crippen LogP contribution in [-0.2, 0) is 11.2 Å². The number of ketones is 1. The van der Waals surface area contributed by atoms with Crippen LogP contribution in [0.4, 0.5) is 4.39 Å². The van der Waals surface area contributed by atoms with Crippen LogP contribution in [0.1, 0.15) is 31.2 Å². The molecule has 0 N–H and O–H groups in total. The highest BCUT2D eigenvalue weighted by atomic mass is 79.9. The molecule has 0 aliphatic heterocycles. The normalized spacial score (nSPS) is 17.9. The average Bonchev–Trinajstić information content (AvgIpc) is 2.84. The monoisotopic (exact) mass is 327 g/mol. The molecular weight excluding hydrogens is 309 g/mol. The van der Waals surface area contributed by atoms with E-state index < -0.39 is 0 Å². The summed E-state index contributed by atoms with van der Waals surface area (Å²) in [4.78, 5) is 14.7. The average molecular weight is 328 g/mol. The highest BCUT2D eigenvalue weighted by Crippen LogP contribution is 2.36. The van der Waals surface area contributed by atoms with Gasteiger partial charge in [0.25, 0.3) is 0 Å². The largest absolute Gasteiger partial charge is 0.297 e. The molecule has 0 spiro atoms. The Morgan fingerprint density at radius 1 is 1.37 bits per heavy atom. The predicted octanol–water partition coefficient (Wildman–Crippen LogP) is 3.57. The first-order chi connectivity index (χ1) is 8.95. The molecule has 1 aliphatic carbocycles. The topological polar surface area (TPSA) is 20.3 Å². The van der Waals surface area contributed by atoms with Crippen LogP contribution in [0.2, 0.25) is 0 Å². The SMILES string of the molecule is CN(C)C1(C(=O)Cc2cc(F)ccc2Br)CCCC1. The molecule has 0 amide bonds. The fourth-order valence-electron chi connectivity index (χ4n) is 2.95. The standard InChI is InChI=1S/C15H19BrFNO/c1-18(2)15(7-3-4-8-15)14(19)10-11-9-12(17)5-6-13(11)16/h5-6,9H,3-4,7-8,10H2,1-2H3. The van der Waals surface area contributed by atoms with E-state index in [0.29, 0.717) is 0 Å². The van der Waals surface area contributed by atoms with E-state index >= 15 is 0 Å². The molecule has 0 unspecified atom stereocenters. The fraction of sp³-hybridized carbons (Fsp3) is 0.533. The van der Waals surface area contributed by atoms with Crippen molar-refractivity contribution < 1.29 is 9.18 Å². The maximum atomic E-state index is 13.3. The molecule has 19 heavy (non-hydrogen) atoms. The van der Waals surface area contributed by atoms with Gasteiger partial charge in [-0.1, -0.05) is 28.8 Å². The third kappa shape index (κ3) is 2.90. The maximum absolute atomic E-state index is 13.3. The molecule has 0 bridgehead atoms. The zero-order valence-corrected chi connectivity index (χ0v) is 13.0. The van der Waals surface area contributed by atoms with Crippen molar-refractivity contribution in [1.82, 2.24) is 4.90 Å². The van der Waals surface area contributed by atoms with E-state index in [0.717, 1.165) is 35.7 Å². The van der Waals surface area contributed by atoms with Gasteiger partial charge < -0.3 is 0 Å². The third-order valence-electron chi connectivity index (χ3n) is 4.16. The lowest BCUT2D eigenvalue weighted by molar-refractivity contribution is -0.128. The van der Waals surface area contributed by atoms with Gasteiger partial charge >= 0.3 is 0 Å². The van der Waals surface area contributed by atoms with Gasteiger partial charge in [-0.15, -0.1) is 0 Å². The number of hydrogen-bond donors (Lipinski definition) is 0. The Labute approximate surface area is 122 Å². The van der Waals surface area contributed by atoms with Gasteiger partial charge in [0.2, 0.25) is 0 Å². The van der Waals surface area contributed by atoms with Crippen molar-refractivity contribution in [2.45, 2.75) is 37.6 Å². The minimum atomic E-state index is -0.355. The molecule has 0 radical (unpaired) electrons. The lowest BCUT2D eigenvalue weighted by Crippen LogP contribution is -2.49. The van der Waals surface area contributed by atoms with E-state index in [1.165, 1.54) is 12.1 Å². The van der Waals surface area contributed by atoms with Gasteiger partial charge in [-0.25, -0.2) is 4.39 Å². The first-order valence-corrected chi connectivity index (χ1v) is 7.40. The molecule has 0 saturated heterocycles. The van der Waals surface area contributed by atoms with Gasteiger partial charge in [-0.3, -0.25) is 9.69 Å². The summed E-state index contributed by atoms with van der Waals surface area (Å²) in [5, 5.41) is 0. The fourth-order valence-corrected chi connectivity index (χ4v) is 3.34. The number of nitrogens with zero attached hydrogens (tertiary/aromatic N) is 1. The molecule has 104 valence electrons. The van der Waals surface area contributed by atoms with E-state index in [2.05, 4.69) is 15.9 Å². The van der Waals surface area contributed by atoms with Crippen molar-refractivity contribution in [2.75, 3.05) is 14.1 Å². The van der Waals surface area contributed by atoms with E-state index in [1.807, 2.05) is 19.0 Å². The second-order valence-corrected chi connectivity index (χ2v) is 6.32. The number of likely N-dealkylation sites (N-methyl/N-ethyl adjacent to an activating group) is 1. The molecule has 1 aromatic carbocycles. The molecule has 0 aromatic heterocycles. The number of benzene rings is 1. The van der Waals surface area contributed by atoms with Gasteiger partial charge in [0.05, 0.1) is 5.54 Å². The minimum Gasteiger partial charge on any atom is -0.297 e. The lowest BCUT2D eigenvalue weighted by atomic mass is 9.87. The van der Waals surface area contributed by atoms with Gasteiger partial charge in [-0.2, -0.15) is 0 Å². The van der Waals surface area contributed by atoms with Crippen molar-refractivity contribution in [1.29, 1.82) is 0 Å². The predicted molar refractivity (Wildman–Crippen MR) is 77.7 cm³/mol. The summed E-state index contributed by atoms with van der Waals surface area (Å²) in [6, 6.07) is 4.50. The number of carbonyl (C=O) groups is 1. The molecule has 2 nitrogen and oxygen atoms in total. The second kappa shape index (κ2) is 5.71. The van der Waals surface area contributed by atoms with Crippen LogP contribution in [0.5, 0.6) is 0 Å². The van der Waals surface area contributed by atoms with Crippen LogP contribution in [-0.4, -0.2) is 30.3 Å². The summed E-state index contributed by atoms with van der Waals surface area (Å²) in [5.74, 6) is -0.0994. The molecule has 2 rings (SSSR count). The summed E-state index contributed by atoms with van der Waals surface area (Å²) < 4.78 is 14.1. The third-order valence-corrected chi connectivity index (χ3v) is 4.94. The Morgan fingerprint density at radius 3 is 2.58 bits per heavy atom.